The average Bonchev–Trinajstić information content (AvgIpc) is 2.87. The second kappa shape index (κ2) is 5.88. The van der Waals surface area contributed by atoms with Gasteiger partial charge in [-0.15, -0.1) is 5.10 Å². The molecule has 4 nitrogen and oxygen atoms in total. The summed E-state index contributed by atoms with van der Waals surface area (Å²) in [6.07, 6.45) is -0.585. The van der Waals surface area contributed by atoms with Crippen LogP contribution in [-0.4, -0.2) is 39.9 Å². The monoisotopic (exact) mass is 266 g/mol. The van der Waals surface area contributed by atoms with Gasteiger partial charge in [-0.2, -0.15) is 0 Å². The highest BCUT2D eigenvalue weighted by Crippen LogP contribution is 2.18. The molecule has 6 heteroatoms. The predicted molar refractivity (Wildman–Crippen MR) is 68.4 cm³/mol. The van der Waals surface area contributed by atoms with E-state index in [-0.39, 0.29) is 12.6 Å². The van der Waals surface area contributed by atoms with E-state index < -0.39 is 6.43 Å². The Morgan fingerprint density at radius 1 is 1.26 bits per heavy atom. The summed E-state index contributed by atoms with van der Waals surface area (Å²) in [5, 5.41) is 8.07. The van der Waals surface area contributed by atoms with E-state index >= 15 is 0 Å². The highest BCUT2D eigenvalue weighted by atomic mass is 19.3. The summed E-state index contributed by atoms with van der Waals surface area (Å²) >= 11 is 0. The van der Waals surface area contributed by atoms with E-state index in [0.717, 1.165) is 5.69 Å². The van der Waals surface area contributed by atoms with Crippen LogP contribution >= 0.6 is 0 Å². The van der Waals surface area contributed by atoms with Crippen molar-refractivity contribution in [1.29, 1.82) is 0 Å². The lowest BCUT2D eigenvalue weighted by Gasteiger charge is -2.21. The van der Waals surface area contributed by atoms with Gasteiger partial charge in [-0.3, -0.25) is 4.90 Å². The molecule has 0 aliphatic carbocycles. The van der Waals surface area contributed by atoms with E-state index in [1.54, 1.807) is 22.8 Å². The molecule has 0 unspecified atom stereocenters. The Labute approximate surface area is 110 Å². The molecule has 0 aliphatic rings. The summed E-state index contributed by atoms with van der Waals surface area (Å²) in [6, 6.07) is 9.34. The van der Waals surface area contributed by atoms with E-state index in [1.165, 1.54) is 0 Å². The van der Waals surface area contributed by atoms with Gasteiger partial charge in [0.1, 0.15) is 0 Å². The molecule has 0 amide bonds. The molecule has 0 saturated heterocycles. The van der Waals surface area contributed by atoms with Crippen molar-refractivity contribution in [3.8, 4) is 5.69 Å². The first-order chi connectivity index (χ1) is 9.08. The summed E-state index contributed by atoms with van der Waals surface area (Å²) in [6.45, 7) is 1.56. The van der Waals surface area contributed by atoms with Crippen molar-refractivity contribution >= 4 is 0 Å². The van der Waals surface area contributed by atoms with Gasteiger partial charge in [0.15, 0.2) is 0 Å². The molecular formula is C13H16F2N4. The molecule has 2 aromatic rings. The van der Waals surface area contributed by atoms with Gasteiger partial charge < -0.3 is 0 Å². The van der Waals surface area contributed by atoms with Crippen molar-refractivity contribution in [2.24, 2.45) is 0 Å². The molecule has 0 aliphatic heterocycles. The predicted octanol–water partition coefficient (Wildman–Crippen LogP) is 2.53. The first-order valence-corrected chi connectivity index (χ1v) is 6.04. The van der Waals surface area contributed by atoms with Crippen LogP contribution in [0.5, 0.6) is 0 Å². The maximum Gasteiger partial charge on any atom is 0.251 e. The van der Waals surface area contributed by atoms with Crippen LogP contribution in [0.2, 0.25) is 0 Å². The Balaban J connectivity index is 2.13. The van der Waals surface area contributed by atoms with Crippen LogP contribution in [0.25, 0.3) is 5.69 Å². The Bertz CT molecular complexity index is 512. The van der Waals surface area contributed by atoms with Crippen LogP contribution in [0.3, 0.4) is 0 Å². The minimum absolute atomic E-state index is 0.202. The van der Waals surface area contributed by atoms with E-state index in [9.17, 15) is 8.78 Å². The normalized spacial score (nSPS) is 13.2. The van der Waals surface area contributed by atoms with Crippen LogP contribution in [0.1, 0.15) is 18.7 Å². The number of nitrogens with zero attached hydrogens (tertiary/aromatic N) is 4. The molecule has 0 spiro atoms. The Kier molecular flexibility index (Phi) is 4.21. The first kappa shape index (κ1) is 13.6. The second-order valence-corrected chi connectivity index (χ2v) is 4.43. The SMILES string of the molecule is C[C@@H](c1cn(-c2ccccc2)nn1)N(C)CC(F)F. The fraction of sp³-hybridized carbons (Fsp3) is 0.385. The van der Waals surface area contributed by atoms with Crippen molar-refractivity contribution < 1.29 is 8.78 Å². The van der Waals surface area contributed by atoms with Crippen LogP contribution in [0.15, 0.2) is 36.5 Å². The number of para-hydroxylation sites is 1. The highest BCUT2D eigenvalue weighted by Gasteiger charge is 2.18. The van der Waals surface area contributed by atoms with Gasteiger partial charge in [-0.1, -0.05) is 23.4 Å². The van der Waals surface area contributed by atoms with Crippen LogP contribution in [-0.2, 0) is 0 Å². The minimum atomic E-state index is -2.35. The van der Waals surface area contributed by atoms with Gasteiger partial charge in [0.05, 0.1) is 30.2 Å². The third-order valence-electron chi connectivity index (χ3n) is 3.05. The van der Waals surface area contributed by atoms with Crippen molar-refractivity contribution in [1.82, 2.24) is 19.9 Å². The highest BCUT2D eigenvalue weighted by molar-refractivity contribution is 5.30. The summed E-state index contributed by atoms with van der Waals surface area (Å²) in [5.74, 6) is 0. The van der Waals surface area contributed by atoms with Crippen molar-refractivity contribution in [2.45, 2.75) is 19.4 Å². The number of rotatable bonds is 5. The van der Waals surface area contributed by atoms with E-state index in [2.05, 4.69) is 10.3 Å². The maximum atomic E-state index is 12.3. The van der Waals surface area contributed by atoms with Gasteiger partial charge in [0, 0.05) is 0 Å². The lowest BCUT2D eigenvalue weighted by atomic mass is 10.2. The molecule has 19 heavy (non-hydrogen) atoms. The third-order valence-corrected chi connectivity index (χ3v) is 3.05. The lowest BCUT2D eigenvalue weighted by molar-refractivity contribution is 0.0834. The van der Waals surface area contributed by atoms with Crippen LogP contribution in [0.4, 0.5) is 8.78 Å². The van der Waals surface area contributed by atoms with E-state index in [1.807, 2.05) is 37.3 Å². The Morgan fingerprint density at radius 3 is 2.58 bits per heavy atom. The van der Waals surface area contributed by atoms with Crippen LogP contribution < -0.4 is 0 Å². The van der Waals surface area contributed by atoms with Gasteiger partial charge >= 0.3 is 0 Å². The smallest absolute Gasteiger partial charge is 0.251 e. The summed E-state index contributed by atoms with van der Waals surface area (Å²) in [7, 11) is 1.65. The number of alkyl halides is 2. The van der Waals surface area contributed by atoms with Gasteiger partial charge in [0.25, 0.3) is 6.43 Å². The number of halogens is 2. The zero-order chi connectivity index (χ0) is 13.8. The zero-order valence-corrected chi connectivity index (χ0v) is 10.9. The second-order valence-electron chi connectivity index (χ2n) is 4.43. The quantitative estimate of drug-likeness (QED) is 0.834. The lowest BCUT2D eigenvalue weighted by Crippen LogP contribution is -2.27. The molecule has 102 valence electrons. The molecule has 0 fully saturated rings. The molecule has 0 saturated carbocycles. The topological polar surface area (TPSA) is 34.0 Å². The van der Waals surface area contributed by atoms with Crippen molar-refractivity contribution in [3.63, 3.8) is 0 Å². The summed E-state index contributed by atoms with van der Waals surface area (Å²) in [4.78, 5) is 1.56. The van der Waals surface area contributed by atoms with E-state index in [0.29, 0.717) is 5.69 Å². The number of aromatic nitrogens is 3. The Hall–Kier alpha value is -1.82. The fourth-order valence-electron chi connectivity index (χ4n) is 1.78. The van der Waals surface area contributed by atoms with E-state index in [4.69, 9.17) is 0 Å². The van der Waals surface area contributed by atoms with Crippen LogP contribution in [0, 0.1) is 0 Å². The average molecular weight is 266 g/mol. The van der Waals surface area contributed by atoms with Crippen molar-refractivity contribution in [2.75, 3.05) is 13.6 Å². The van der Waals surface area contributed by atoms with Gasteiger partial charge in [0.2, 0.25) is 0 Å². The minimum Gasteiger partial charge on any atom is -0.292 e. The number of hydrogen-bond acceptors (Lipinski definition) is 3. The maximum absolute atomic E-state index is 12.3. The zero-order valence-electron chi connectivity index (χ0n) is 10.9. The molecule has 1 atom stereocenters. The molecule has 0 bridgehead atoms. The van der Waals surface area contributed by atoms with Crippen molar-refractivity contribution in [3.05, 3.63) is 42.2 Å². The van der Waals surface area contributed by atoms with Gasteiger partial charge in [-0.05, 0) is 26.1 Å². The molecule has 0 N–H and O–H groups in total. The third kappa shape index (κ3) is 3.35. The summed E-state index contributed by atoms with van der Waals surface area (Å²) < 4.78 is 26.3. The van der Waals surface area contributed by atoms with Gasteiger partial charge in [-0.25, -0.2) is 13.5 Å². The molecule has 1 heterocycles. The molecular weight excluding hydrogens is 250 g/mol. The first-order valence-electron chi connectivity index (χ1n) is 6.04. The number of benzene rings is 1. The Morgan fingerprint density at radius 2 is 1.95 bits per heavy atom. The molecule has 1 aromatic carbocycles. The largest absolute Gasteiger partial charge is 0.292 e. The fourth-order valence-corrected chi connectivity index (χ4v) is 1.78. The summed E-state index contributed by atoms with van der Waals surface area (Å²) in [5.41, 5.74) is 1.57. The number of hydrogen-bond donors (Lipinski definition) is 0. The standard InChI is InChI=1S/C13H16F2N4/c1-10(18(2)9-13(14)15)12-8-19(17-16-12)11-6-4-3-5-7-11/h3-8,10,13H,9H2,1-2H3/t10-/m0/s1. The molecule has 0 radical (unpaired) electrons. The molecule has 1 aromatic heterocycles. The molecule has 2 rings (SSSR count).